The number of fused-ring (bicyclic) bond motifs is 1. The lowest BCUT2D eigenvalue weighted by Gasteiger charge is -2.26. The van der Waals surface area contributed by atoms with Gasteiger partial charge in [-0.15, -0.1) is 11.3 Å². The fourth-order valence-corrected chi connectivity index (χ4v) is 5.50. The van der Waals surface area contributed by atoms with Gasteiger partial charge in [-0.2, -0.15) is 5.10 Å². The van der Waals surface area contributed by atoms with Crippen LogP contribution in [0.15, 0.2) is 40.5 Å². The Morgan fingerprint density at radius 1 is 1.15 bits per heavy atom. The molecule has 3 aromatic heterocycles. The zero-order valence-corrected chi connectivity index (χ0v) is 20.4. The molecule has 5 rings (SSSR count). The maximum Gasteiger partial charge on any atom is 0.268 e. The predicted molar refractivity (Wildman–Crippen MR) is 132 cm³/mol. The van der Waals surface area contributed by atoms with Gasteiger partial charge in [0, 0.05) is 29.9 Å². The summed E-state index contributed by atoms with van der Waals surface area (Å²) in [7, 11) is 1.62. The Balaban J connectivity index is 1.57. The first-order valence-corrected chi connectivity index (χ1v) is 12.3. The summed E-state index contributed by atoms with van der Waals surface area (Å²) in [5, 5.41) is 6.62. The Labute approximate surface area is 201 Å². The lowest BCUT2D eigenvalue weighted by molar-refractivity contribution is -0.131. The Hall–Kier alpha value is -3.46. The number of amides is 1. The summed E-state index contributed by atoms with van der Waals surface area (Å²) in [6.45, 7) is 5.35. The van der Waals surface area contributed by atoms with Crippen molar-refractivity contribution in [1.29, 1.82) is 0 Å². The summed E-state index contributed by atoms with van der Waals surface area (Å²) in [5.41, 5.74) is 3.75. The Morgan fingerprint density at radius 3 is 2.68 bits per heavy atom. The van der Waals surface area contributed by atoms with Crippen LogP contribution in [0.3, 0.4) is 0 Å². The van der Waals surface area contributed by atoms with Gasteiger partial charge in [0.1, 0.15) is 17.1 Å². The van der Waals surface area contributed by atoms with Crippen LogP contribution in [-0.4, -0.2) is 50.2 Å². The molecular formula is C25H27N5O3S. The van der Waals surface area contributed by atoms with Crippen molar-refractivity contribution in [2.75, 3.05) is 20.2 Å². The number of ether oxygens (including phenoxy) is 1. The maximum absolute atomic E-state index is 13.7. The van der Waals surface area contributed by atoms with E-state index in [2.05, 4.69) is 4.98 Å². The number of thiazole rings is 1. The fraction of sp³-hybridized carbons (Fsp3) is 0.360. The van der Waals surface area contributed by atoms with Gasteiger partial charge < -0.3 is 9.64 Å². The third kappa shape index (κ3) is 3.90. The molecule has 34 heavy (non-hydrogen) atoms. The highest BCUT2D eigenvalue weighted by molar-refractivity contribution is 7.15. The molecule has 8 nitrogen and oxygen atoms in total. The minimum Gasteiger partial charge on any atom is -0.494 e. The van der Waals surface area contributed by atoms with E-state index in [4.69, 9.17) is 9.84 Å². The number of benzene rings is 1. The molecule has 4 aromatic rings. The van der Waals surface area contributed by atoms with Crippen LogP contribution in [0.2, 0.25) is 0 Å². The highest BCUT2D eigenvalue weighted by Crippen LogP contribution is 2.27. The molecule has 0 radical (unpaired) electrons. The number of piperidine rings is 1. The van der Waals surface area contributed by atoms with Crippen LogP contribution in [0.1, 0.15) is 36.3 Å². The van der Waals surface area contributed by atoms with Crippen molar-refractivity contribution in [3.8, 4) is 22.7 Å². The molecule has 0 bridgehead atoms. The number of aryl methyl sites for hydroxylation is 2. The first kappa shape index (κ1) is 22.3. The Morgan fingerprint density at radius 2 is 1.91 bits per heavy atom. The molecule has 1 aliphatic rings. The number of likely N-dealkylation sites (tertiary alicyclic amines) is 1. The van der Waals surface area contributed by atoms with Gasteiger partial charge in [-0.05, 0) is 51.3 Å². The van der Waals surface area contributed by atoms with Crippen LogP contribution in [0, 0.1) is 13.8 Å². The molecule has 0 spiro atoms. The number of methoxy groups -OCH3 is 1. The molecular weight excluding hydrogens is 450 g/mol. The smallest absolute Gasteiger partial charge is 0.268 e. The van der Waals surface area contributed by atoms with E-state index in [1.54, 1.807) is 16.2 Å². The lowest BCUT2D eigenvalue weighted by atomic mass is 10.1. The van der Waals surface area contributed by atoms with Crippen molar-refractivity contribution in [3.63, 3.8) is 0 Å². The molecule has 1 saturated heterocycles. The highest BCUT2D eigenvalue weighted by Gasteiger charge is 2.22. The van der Waals surface area contributed by atoms with Crippen molar-refractivity contribution in [2.45, 2.75) is 39.5 Å². The van der Waals surface area contributed by atoms with Crippen molar-refractivity contribution < 1.29 is 9.53 Å². The molecule has 0 atom stereocenters. The van der Waals surface area contributed by atoms with Crippen molar-refractivity contribution in [1.82, 2.24) is 24.1 Å². The normalized spacial score (nSPS) is 14.0. The van der Waals surface area contributed by atoms with Gasteiger partial charge in [0.25, 0.3) is 5.56 Å². The monoisotopic (exact) mass is 477 g/mol. The summed E-state index contributed by atoms with van der Waals surface area (Å²) in [6, 6.07) is 9.51. The van der Waals surface area contributed by atoms with E-state index in [9.17, 15) is 9.59 Å². The van der Waals surface area contributed by atoms with E-state index in [-0.39, 0.29) is 17.9 Å². The quantitative estimate of drug-likeness (QED) is 0.437. The molecule has 1 fully saturated rings. The number of carbonyl (C=O) groups is 1. The van der Waals surface area contributed by atoms with Crippen LogP contribution in [0.25, 0.3) is 21.9 Å². The highest BCUT2D eigenvalue weighted by atomic mass is 32.1. The first-order valence-electron chi connectivity index (χ1n) is 11.5. The average molecular weight is 478 g/mol. The van der Waals surface area contributed by atoms with Gasteiger partial charge in [0.15, 0.2) is 4.96 Å². The minimum atomic E-state index is -0.199. The number of rotatable bonds is 5. The molecule has 176 valence electrons. The summed E-state index contributed by atoms with van der Waals surface area (Å²) in [5.74, 6) is 0.753. The van der Waals surface area contributed by atoms with Crippen LogP contribution in [0.5, 0.6) is 5.75 Å². The third-order valence-corrected chi connectivity index (χ3v) is 7.19. The molecule has 0 N–H and O–H groups in total. The zero-order chi connectivity index (χ0) is 23.8. The molecule has 4 heterocycles. The number of hydrogen-bond acceptors (Lipinski definition) is 6. The number of para-hydroxylation sites is 2. The average Bonchev–Trinajstić information content (AvgIpc) is 3.42. The van der Waals surface area contributed by atoms with Crippen LogP contribution >= 0.6 is 11.3 Å². The van der Waals surface area contributed by atoms with Gasteiger partial charge in [-0.1, -0.05) is 12.1 Å². The lowest BCUT2D eigenvalue weighted by Crippen LogP contribution is -2.37. The van der Waals surface area contributed by atoms with E-state index >= 15 is 0 Å². The molecule has 0 aliphatic carbocycles. The summed E-state index contributed by atoms with van der Waals surface area (Å²) in [4.78, 5) is 33.7. The summed E-state index contributed by atoms with van der Waals surface area (Å²) < 4.78 is 8.84. The van der Waals surface area contributed by atoms with Crippen molar-refractivity contribution in [3.05, 3.63) is 63.1 Å². The van der Waals surface area contributed by atoms with E-state index in [0.717, 1.165) is 43.7 Å². The fourth-order valence-electron chi connectivity index (χ4n) is 4.58. The SMILES string of the molecule is COc1ccccc1-n1nc(-c2c(C)nc3scc(CC(=O)N4CCCCC4)n3c2=O)cc1C. The third-order valence-electron chi connectivity index (χ3n) is 6.32. The number of hydrogen-bond donors (Lipinski definition) is 0. The van der Waals surface area contributed by atoms with Gasteiger partial charge in [0.2, 0.25) is 5.91 Å². The first-order chi connectivity index (χ1) is 16.5. The number of nitrogens with zero attached hydrogens (tertiary/aromatic N) is 5. The van der Waals surface area contributed by atoms with E-state index in [0.29, 0.717) is 33.4 Å². The van der Waals surface area contributed by atoms with Crippen LogP contribution in [0.4, 0.5) is 0 Å². The second-order valence-corrected chi connectivity index (χ2v) is 9.43. The topological polar surface area (TPSA) is 81.7 Å². The minimum absolute atomic E-state index is 0.0599. The Bertz CT molecular complexity index is 1430. The van der Waals surface area contributed by atoms with Crippen molar-refractivity contribution in [2.24, 2.45) is 0 Å². The zero-order valence-electron chi connectivity index (χ0n) is 19.6. The largest absolute Gasteiger partial charge is 0.494 e. The predicted octanol–water partition coefficient (Wildman–Crippen LogP) is 3.79. The second-order valence-electron chi connectivity index (χ2n) is 8.60. The summed E-state index contributed by atoms with van der Waals surface area (Å²) >= 11 is 1.38. The maximum atomic E-state index is 13.7. The number of aromatic nitrogens is 4. The van der Waals surface area contributed by atoms with Gasteiger partial charge in [-0.25, -0.2) is 9.67 Å². The molecule has 9 heteroatoms. The molecule has 1 amide bonds. The van der Waals surface area contributed by atoms with Crippen LogP contribution in [-0.2, 0) is 11.2 Å². The van der Waals surface area contributed by atoms with Crippen LogP contribution < -0.4 is 10.3 Å². The second kappa shape index (κ2) is 9.06. The van der Waals surface area contributed by atoms with E-state index < -0.39 is 0 Å². The van der Waals surface area contributed by atoms with E-state index in [1.807, 2.05) is 54.5 Å². The Kier molecular flexibility index (Phi) is 5.95. The molecule has 0 saturated carbocycles. The molecule has 0 unspecified atom stereocenters. The molecule has 1 aliphatic heterocycles. The standard InChI is InChI=1S/C25H27N5O3S/c1-16-13-19(27-30(16)20-9-5-6-10-21(20)33-3)23-17(2)26-25-29(24(23)32)18(15-34-25)14-22(31)28-11-7-4-8-12-28/h5-6,9-10,13,15H,4,7-8,11-12,14H2,1-3H3. The van der Waals surface area contributed by atoms with Crippen molar-refractivity contribution >= 4 is 22.2 Å². The van der Waals surface area contributed by atoms with Gasteiger partial charge >= 0.3 is 0 Å². The molecule has 1 aromatic carbocycles. The van der Waals surface area contributed by atoms with Gasteiger partial charge in [0.05, 0.1) is 24.8 Å². The van der Waals surface area contributed by atoms with E-state index in [1.165, 1.54) is 11.3 Å². The summed E-state index contributed by atoms with van der Waals surface area (Å²) in [6.07, 6.45) is 3.43. The number of carbonyl (C=O) groups excluding carboxylic acids is 1. The van der Waals surface area contributed by atoms with Gasteiger partial charge in [-0.3, -0.25) is 14.0 Å².